The van der Waals surface area contributed by atoms with Gasteiger partial charge in [-0.05, 0) is 52.1 Å². The molecule has 0 N–H and O–H groups in total. The van der Waals surface area contributed by atoms with Crippen molar-refractivity contribution in [1.82, 2.24) is 0 Å². The molecule has 0 amide bonds. The van der Waals surface area contributed by atoms with E-state index >= 15 is 0 Å². The van der Waals surface area contributed by atoms with Gasteiger partial charge >= 0.3 is 6.68 Å². The fourth-order valence-electron chi connectivity index (χ4n) is 1.11. The highest BCUT2D eigenvalue weighted by molar-refractivity contribution is 14.1. The summed E-state index contributed by atoms with van der Waals surface area (Å²) < 4.78 is 30.3. The number of hydrogen-bond acceptors (Lipinski definition) is 0. The van der Waals surface area contributed by atoms with Crippen LogP contribution in [0.2, 0.25) is 0 Å². The molecule has 0 aliphatic carbocycles. The molecule has 1 aromatic carbocycles. The van der Waals surface area contributed by atoms with Crippen LogP contribution in [0.15, 0.2) is 18.2 Å². The predicted octanol–water partition coefficient (Wildman–Crippen LogP) is 5.08. The zero-order valence-corrected chi connectivity index (χ0v) is 12.0. The summed E-state index contributed by atoms with van der Waals surface area (Å²) >= 11 is 2.37. The zero-order valence-electron chi connectivity index (χ0n) is 9.82. The number of hydrogen-bond donors (Lipinski definition) is 0. The van der Waals surface area contributed by atoms with Crippen LogP contribution >= 0.6 is 22.6 Å². The summed E-state index contributed by atoms with van der Waals surface area (Å²) in [6.45, 7) is 5.23. The summed E-state index contributed by atoms with van der Waals surface area (Å²) in [7, 11) is 0. The van der Waals surface area contributed by atoms with Crippen LogP contribution in [0.4, 0.5) is 13.2 Å². The fourth-order valence-corrected chi connectivity index (χ4v) is 1.45. The molecule has 0 saturated heterocycles. The van der Waals surface area contributed by atoms with Crippen molar-refractivity contribution in [3.8, 4) is 0 Å². The maximum Gasteiger partial charge on any atom is 0.379 e. The lowest BCUT2D eigenvalue weighted by atomic mass is 9.86. The minimum atomic E-state index is -3.67. The Kier molecular flexibility index (Phi) is 6.36. The van der Waals surface area contributed by atoms with E-state index in [4.69, 9.17) is 0 Å². The summed E-state index contributed by atoms with van der Waals surface area (Å²) in [5.41, 5.74) is 3.07. The first-order chi connectivity index (χ1) is 7.14. The predicted molar refractivity (Wildman–Crippen MR) is 69.7 cm³/mol. The molecule has 0 saturated carbocycles. The first-order valence-electron chi connectivity index (χ1n) is 4.83. The molecule has 0 bridgehead atoms. The van der Waals surface area contributed by atoms with Gasteiger partial charge in [0.15, 0.2) is 0 Å². The molecule has 0 nitrogen and oxygen atoms in total. The minimum Gasteiger partial charge on any atom is -0.174 e. The summed E-state index contributed by atoms with van der Waals surface area (Å²) in [4.78, 5) is 0. The van der Waals surface area contributed by atoms with Crippen LogP contribution in [0.1, 0.15) is 31.9 Å². The Morgan fingerprint density at radius 1 is 1.12 bits per heavy atom. The summed E-state index contributed by atoms with van der Waals surface area (Å²) in [6.07, 6.45) is 0. The summed E-state index contributed by atoms with van der Waals surface area (Å²) in [6, 6.07) is 6.69. The molecule has 4 heteroatoms. The van der Waals surface area contributed by atoms with Crippen molar-refractivity contribution >= 4 is 22.6 Å². The molecule has 0 aliphatic rings. The Morgan fingerprint density at radius 2 is 1.56 bits per heavy atom. The number of halogens is 4. The standard InChI is InChI=1S/C11H15I.CHF3/c1-8-7-9(11(2,3)4)5-6-10(8)12;2-1(3)4/h5-7H,1-4H3;1H. The van der Waals surface area contributed by atoms with Gasteiger partial charge in [0.1, 0.15) is 0 Å². The van der Waals surface area contributed by atoms with Crippen molar-refractivity contribution in [3.05, 3.63) is 32.9 Å². The van der Waals surface area contributed by atoms with Crippen LogP contribution < -0.4 is 0 Å². The average molecular weight is 344 g/mol. The highest BCUT2D eigenvalue weighted by atomic mass is 127. The van der Waals surface area contributed by atoms with Gasteiger partial charge in [-0.15, -0.1) is 0 Å². The Bertz CT molecular complexity index is 327. The van der Waals surface area contributed by atoms with E-state index < -0.39 is 6.68 Å². The molecule has 0 aliphatic heterocycles. The second-order valence-corrected chi connectivity index (χ2v) is 5.62. The van der Waals surface area contributed by atoms with Crippen LogP contribution in [-0.2, 0) is 5.41 Å². The van der Waals surface area contributed by atoms with E-state index in [2.05, 4.69) is 68.5 Å². The topological polar surface area (TPSA) is 0 Å². The van der Waals surface area contributed by atoms with Gasteiger partial charge in [0.25, 0.3) is 0 Å². The molecule has 0 heterocycles. The molecule has 0 unspecified atom stereocenters. The SMILES string of the molecule is Cc1cc(C(C)(C)C)ccc1I.FC(F)F. The van der Waals surface area contributed by atoms with E-state index in [0.717, 1.165) is 0 Å². The zero-order chi connectivity index (χ0) is 12.9. The van der Waals surface area contributed by atoms with E-state index in [0.29, 0.717) is 0 Å². The van der Waals surface area contributed by atoms with Crippen LogP contribution in [0.25, 0.3) is 0 Å². The van der Waals surface area contributed by atoms with E-state index in [1.54, 1.807) is 0 Å². The van der Waals surface area contributed by atoms with Gasteiger partial charge in [-0.25, -0.2) is 0 Å². The molecule has 0 fully saturated rings. The fraction of sp³-hybridized carbons (Fsp3) is 0.500. The average Bonchev–Trinajstić information content (AvgIpc) is 2.06. The molecular weight excluding hydrogens is 328 g/mol. The normalized spacial score (nSPS) is 11.1. The van der Waals surface area contributed by atoms with E-state index in [9.17, 15) is 13.2 Å². The number of aryl methyl sites for hydroxylation is 1. The van der Waals surface area contributed by atoms with E-state index in [-0.39, 0.29) is 5.41 Å². The lowest BCUT2D eigenvalue weighted by Crippen LogP contribution is -2.11. The second kappa shape index (κ2) is 6.47. The van der Waals surface area contributed by atoms with Gasteiger partial charge in [0.2, 0.25) is 0 Å². The second-order valence-electron chi connectivity index (χ2n) is 4.46. The third-order valence-corrected chi connectivity index (χ3v) is 3.23. The molecule has 16 heavy (non-hydrogen) atoms. The van der Waals surface area contributed by atoms with E-state index in [1.165, 1.54) is 14.7 Å². The van der Waals surface area contributed by atoms with Crippen molar-refractivity contribution in [2.45, 2.75) is 39.8 Å². The van der Waals surface area contributed by atoms with Gasteiger partial charge in [-0.2, -0.15) is 13.2 Å². The number of benzene rings is 1. The number of alkyl halides is 3. The van der Waals surface area contributed by atoms with Crippen molar-refractivity contribution < 1.29 is 13.2 Å². The summed E-state index contributed by atoms with van der Waals surface area (Å²) in [5.74, 6) is 0. The number of rotatable bonds is 0. The first kappa shape index (κ1) is 15.7. The van der Waals surface area contributed by atoms with Gasteiger partial charge in [-0.1, -0.05) is 32.9 Å². The van der Waals surface area contributed by atoms with Crippen LogP contribution in [0.3, 0.4) is 0 Å². The molecule has 1 aromatic rings. The van der Waals surface area contributed by atoms with Gasteiger partial charge < -0.3 is 0 Å². The Morgan fingerprint density at radius 3 is 1.88 bits per heavy atom. The Balaban J connectivity index is 0.000000487. The maximum atomic E-state index is 9.67. The van der Waals surface area contributed by atoms with Gasteiger partial charge in [-0.3, -0.25) is 0 Å². The minimum absolute atomic E-state index is 0.273. The van der Waals surface area contributed by atoms with E-state index in [1.807, 2.05) is 0 Å². The largest absolute Gasteiger partial charge is 0.379 e. The summed E-state index contributed by atoms with van der Waals surface area (Å²) in [5, 5.41) is 0. The van der Waals surface area contributed by atoms with Crippen LogP contribution in [0, 0.1) is 10.5 Å². The maximum absolute atomic E-state index is 9.67. The smallest absolute Gasteiger partial charge is 0.174 e. The molecule has 1 rings (SSSR count). The van der Waals surface area contributed by atoms with Crippen molar-refractivity contribution in [2.75, 3.05) is 0 Å². The van der Waals surface area contributed by atoms with Gasteiger partial charge in [0.05, 0.1) is 0 Å². The molecule has 0 radical (unpaired) electrons. The third kappa shape index (κ3) is 6.35. The monoisotopic (exact) mass is 344 g/mol. The van der Waals surface area contributed by atoms with Crippen LogP contribution in [-0.4, -0.2) is 6.68 Å². The Labute approximate surface area is 108 Å². The van der Waals surface area contributed by atoms with Crippen molar-refractivity contribution in [3.63, 3.8) is 0 Å². The van der Waals surface area contributed by atoms with Crippen molar-refractivity contribution in [2.24, 2.45) is 0 Å². The molecule has 92 valence electrons. The lowest BCUT2D eigenvalue weighted by Gasteiger charge is -2.19. The quantitative estimate of drug-likeness (QED) is 0.576. The van der Waals surface area contributed by atoms with Gasteiger partial charge in [0, 0.05) is 3.57 Å². The molecule has 0 atom stereocenters. The highest BCUT2D eigenvalue weighted by Crippen LogP contribution is 2.24. The van der Waals surface area contributed by atoms with Crippen LogP contribution in [0.5, 0.6) is 0 Å². The molecular formula is C12H16F3I. The third-order valence-electron chi connectivity index (χ3n) is 2.02. The molecule has 0 spiro atoms. The van der Waals surface area contributed by atoms with Crippen molar-refractivity contribution in [1.29, 1.82) is 0 Å². The Hall–Kier alpha value is -0.260. The lowest BCUT2D eigenvalue weighted by molar-refractivity contribution is 0.00819. The first-order valence-corrected chi connectivity index (χ1v) is 5.91. The molecule has 0 aromatic heterocycles. The highest BCUT2D eigenvalue weighted by Gasteiger charge is 2.13.